The van der Waals surface area contributed by atoms with E-state index in [-0.39, 0.29) is 18.9 Å². The van der Waals surface area contributed by atoms with Crippen LogP contribution in [0, 0.1) is 0 Å². The second kappa shape index (κ2) is 8.00. The van der Waals surface area contributed by atoms with Gasteiger partial charge < -0.3 is 19.4 Å². The van der Waals surface area contributed by atoms with Crippen LogP contribution in [0.2, 0.25) is 0 Å². The highest BCUT2D eigenvalue weighted by atomic mass is 31.2. The van der Waals surface area contributed by atoms with E-state index < -0.39 is 26.0 Å². The predicted octanol–water partition coefficient (Wildman–Crippen LogP) is 3.74. The second-order valence-electron chi connectivity index (χ2n) is 5.77. The number of phosphoric ester groups is 1. The molecule has 27 heavy (non-hydrogen) atoms. The third kappa shape index (κ3) is 3.61. The van der Waals surface area contributed by atoms with Crippen LogP contribution in [0.3, 0.4) is 0 Å². The average molecular weight is 398 g/mol. The molecular formula is C17H23N2O7P. The zero-order chi connectivity index (χ0) is 19.6. The number of aromatic nitrogens is 2. The van der Waals surface area contributed by atoms with Crippen molar-refractivity contribution in [3.05, 3.63) is 35.4 Å². The fourth-order valence-electron chi connectivity index (χ4n) is 3.20. The molecule has 0 unspecified atom stereocenters. The molecule has 2 atom stereocenters. The molecule has 0 fully saturated rings. The van der Waals surface area contributed by atoms with E-state index in [1.807, 2.05) is 6.07 Å². The fraction of sp³-hybridized carbons (Fsp3) is 0.471. The number of ether oxygens (including phenoxy) is 2. The van der Waals surface area contributed by atoms with Crippen molar-refractivity contribution in [2.45, 2.75) is 26.1 Å². The lowest BCUT2D eigenvalue weighted by atomic mass is 9.91. The van der Waals surface area contributed by atoms with Gasteiger partial charge in [0.1, 0.15) is 17.9 Å². The van der Waals surface area contributed by atoms with E-state index in [9.17, 15) is 9.36 Å². The summed E-state index contributed by atoms with van der Waals surface area (Å²) in [7, 11) is -0.992. The van der Waals surface area contributed by atoms with Gasteiger partial charge in [0.05, 0.1) is 31.7 Å². The molecule has 2 aromatic heterocycles. The Balaban J connectivity index is 2.05. The molecule has 0 saturated carbocycles. The molecule has 0 radical (unpaired) electrons. The van der Waals surface area contributed by atoms with Crippen LogP contribution in [0.15, 0.2) is 18.3 Å². The van der Waals surface area contributed by atoms with Crippen LogP contribution in [0.1, 0.15) is 47.9 Å². The number of fused-ring (bicyclic) bond motifs is 3. The maximum absolute atomic E-state index is 12.9. The van der Waals surface area contributed by atoms with Crippen LogP contribution in [0.25, 0.3) is 11.1 Å². The van der Waals surface area contributed by atoms with Crippen molar-refractivity contribution < 1.29 is 32.4 Å². The smallest absolute Gasteiger partial charge is 0.464 e. The first-order valence-corrected chi connectivity index (χ1v) is 10.0. The summed E-state index contributed by atoms with van der Waals surface area (Å²) in [4.78, 5) is 18.1. The second-order valence-corrected chi connectivity index (χ2v) is 7.39. The lowest BCUT2D eigenvalue weighted by molar-refractivity contribution is -0.0282. The molecule has 1 aliphatic carbocycles. The zero-order valence-corrected chi connectivity index (χ0v) is 16.5. The van der Waals surface area contributed by atoms with Gasteiger partial charge >= 0.3 is 13.8 Å². The van der Waals surface area contributed by atoms with Crippen molar-refractivity contribution >= 4 is 13.8 Å². The van der Waals surface area contributed by atoms with E-state index in [1.54, 1.807) is 26.1 Å². The molecule has 2 heterocycles. The molecule has 2 N–H and O–H groups in total. The quantitative estimate of drug-likeness (QED) is 0.515. The number of H-pyrrole nitrogens is 2. The molecule has 1 aliphatic rings. The van der Waals surface area contributed by atoms with Gasteiger partial charge in [0.15, 0.2) is 0 Å². The van der Waals surface area contributed by atoms with Crippen molar-refractivity contribution in [3.8, 4) is 11.1 Å². The summed E-state index contributed by atoms with van der Waals surface area (Å²) in [5, 5.41) is 0. The Bertz CT molecular complexity index is 849. The Hall–Kier alpha value is -1.90. The van der Waals surface area contributed by atoms with Crippen LogP contribution in [-0.2, 0) is 27.6 Å². The maximum Gasteiger partial charge on any atom is 0.475 e. The lowest BCUT2D eigenvalue weighted by Crippen LogP contribution is -2.22. The van der Waals surface area contributed by atoms with E-state index in [4.69, 9.17) is 23.0 Å². The molecule has 0 bridgehead atoms. The summed E-state index contributed by atoms with van der Waals surface area (Å²) in [6.07, 6.45) is 0.277. The van der Waals surface area contributed by atoms with Crippen molar-refractivity contribution in [1.82, 2.24) is 9.97 Å². The highest BCUT2D eigenvalue weighted by molar-refractivity contribution is 7.48. The number of carbonyl (C=O) groups is 1. The molecule has 0 amide bonds. The monoisotopic (exact) mass is 398 g/mol. The maximum atomic E-state index is 12.9. The van der Waals surface area contributed by atoms with Gasteiger partial charge in [0.25, 0.3) is 0 Å². The first-order valence-electron chi connectivity index (χ1n) is 8.57. The van der Waals surface area contributed by atoms with Crippen LogP contribution in [-0.4, -0.2) is 43.4 Å². The molecule has 148 valence electrons. The number of aromatic amines is 2. The number of esters is 1. The summed E-state index contributed by atoms with van der Waals surface area (Å²) in [6.45, 7) is 3.74. The van der Waals surface area contributed by atoms with Gasteiger partial charge in [-0.15, -0.1) is 0 Å². The number of carbonyl (C=O) groups excluding carboxylic acids is 1. The minimum Gasteiger partial charge on any atom is -0.464 e. The predicted molar refractivity (Wildman–Crippen MR) is 96.4 cm³/mol. The number of nitrogens with one attached hydrogen (secondary N) is 2. The van der Waals surface area contributed by atoms with Crippen molar-refractivity contribution in [2.24, 2.45) is 0 Å². The summed E-state index contributed by atoms with van der Waals surface area (Å²) < 4.78 is 39.7. The number of phosphoric acid groups is 1. The third-order valence-corrected chi connectivity index (χ3v) is 5.87. The lowest BCUT2D eigenvalue weighted by Gasteiger charge is -2.32. The summed E-state index contributed by atoms with van der Waals surface area (Å²) in [5.74, 6) is -0.497. The van der Waals surface area contributed by atoms with Crippen molar-refractivity contribution in [1.29, 1.82) is 0 Å². The minimum absolute atomic E-state index is 0.166. The van der Waals surface area contributed by atoms with E-state index in [1.165, 1.54) is 14.2 Å². The first kappa shape index (κ1) is 19.9. The van der Waals surface area contributed by atoms with Crippen molar-refractivity contribution in [3.63, 3.8) is 0 Å². The van der Waals surface area contributed by atoms with Crippen LogP contribution >= 0.6 is 7.82 Å². The van der Waals surface area contributed by atoms with Gasteiger partial charge in [-0.1, -0.05) is 0 Å². The Morgan fingerprint density at radius 1 is 1.11 bits per heavy atom. The van der Waals surface area contributed by atoms with Crippen LogP contribution < -0.4 is 0 Å². The third-order valence-electron chi connectivity index (χ3n) is 4.24. The fourth-order valence-corrected chi connectivity index (χ4v) is 4.52. The molecule has 9 nitrogen and oxygen atoms in total. The molecular weight excluding hydrogens is 375 g/mol. The van der Waals surface area contributed by atoms with E-state index in [0.717, 1.165) is 11.1 Å². The first-order chi connectivity index (χ1) is 13.0. The molecule has 3 rings (SSSR count). The standard InChI is InChI=1S/C17H23N2O7P/c1-5-24-27(21,25-6-2)26-16-13-10(7-8-18-13)11-9-12(17(20)23-4)19-14(11)15(16)22-3/h7-9,15-16,18-19H,5-6H2,1-4H3/t15-,16+/m1/s1. The van der Waals surface area contributed by atoms with Gasteiger partial charge in [0.2, 0.25) is 0 Å². The molecule has 0 spiro atoms. The van der Waals surface area contributed by atoms with Crippen LogP contribution in [0.4, 0.5) is 0 Å². The average Bonchev–Trinajstić information content (AvgIpc) is 3.28. The SMILES string of the molecule is CCOP(=O)(OCC)O[C@H]1c2[nH]ccc2-c2cc(C(=O)OC)[nH]c2[C@H]1OC. The Morgan fingerprint density at radius 3 is 2.41 bits per heavy atom. The summed E-state index contributed by atoms with van der Waals surface area (Å²) in [6, 6.07) is 3.54. The molecule has 10 heteroatoms. The Kier molecular flexibility index (Phi) is 5.88. The van der Waals surface area contributed by atoms with Gasteiger partial charge in [-0.25, -0.2) is 9.36 Å². The van der Waals surface area contributed by atoms with Crippen molar-refractivity contribution in [2.75, 3.05) is 27.4 Å². The van der Waals surface area contributed by atoms with Crippen LogP contribution in [0.5, 0.6) is 0 Å². The van der Waals surface area contributed by atoms with Gasteiger partial charge in [-0.3, -0.25) is 13.6 Å². The van der Waals surface area contributed by atoms with Gasteiger partial charge in [-0.05, 0) is 26.0 Å². The Labute approximate surface area is 156 Å². The molecule has 0 aromatic carbocycles. The van der Waals surface area contributed by atoms with E-state index in [2.05, 4.69) is 9.97 Å². The van der Waals surface area contributed by atoms with E-state index >= 15 is 0 Å². The Morgan fingerprint density at radius 2 is 1.81 bits per heavy atom. The highest BCUT2D eigenvalue weighted by Gasteiger charge is 2.43. The zero-order valence-electron chi connectivity index (χ0n) is 15.6. The normalized spacial score (nSPS) is 18.8. The number of rotatable bonds is 8. The number of hydrogen-bond donors (Lipinski definition) is 2. The topological polar surface area (TPSA) is 112 Å². The van der Waals surface area contributed by atoms with E-state index in [0.29, 0.717) is 11.4 Å². The summed E-state index contributed by atoms with van der Waals surface area (Å²) >= 11 is 0. The van der Waals surface area contributed by atoms with Gasteiger partial charge in [-0.2, -0.15) is 0 Å². The molecule has 2 aromatic rings. The minimum atomic E-state index is -3.81. The molecule has 0 aliphatic heterocycles. The number of methoxy groups -OCH3 is 2. The number of hydrogen-bond acceptors (Lipinski definition) is 7. The van der Waals surface area contributed by atoms with Gasteiger partial charge in [0, 0.05) is 24.4 Å². The molecule has 0 saturated heterocycles. The largest absolute Gasteiger partial charge is 0.475 e. The highest BCUT2D eigenvalue weighted by Crippen LogP contribution is 2.58. The summed E-state index contributed by atoms with van der Waals surface area (Å²) in [5.41, 5.74) is 3.14.